The average Bonchev–Trinajstić information content (AvgIpc) is 2.41. The fourth-order valence-electron chi connectivity index (χ4n) is 2.35. The van der Waals surface area contributed by atoms with E-state index in [9.17, 15) is 9.59 Å². The number of hydrogen-bond acceptors (Lipinski definition) is 2. The van der Waals surface area contributed by atoms with Crippen LogP contribution in [0.25, 0.3) is 0 Å². The number of carbonyl (C=O) groups excluding carboxylic acids is 2. The van der Waals surface area contributed by atoms with Crippen molar-refractivity contribution in [3.8, 4) is 0 Å². The normalized spacial score (nSPS) is 14.5. The standard InChI is InChI=1S/C15H19NO2/c1-2-13(17)7-5-11-16-14-8-4-3-6-12(14)9-10-15(16)18/h3-4,6,8H,2,5,7,9-11H2,1H3. The first-order valence-corrected chi connectivity index (χ1v) is 6.62. The number of Topliss-reactive ketones (excluding diaryl/α,β-unsaturated/α-hetero) is 1. The number of hydrogen-bond donors (Lipinski definition) is 0. The third-order valence-corrected chi connectivity index (χ3v) is 3.42. The van der Waals surface area contributed by atoms with Crippen molar-refractivity contribution in [2.75, 3.05) is 11.4 Å². The second kappa shape index (κ2) is 5.80. The lowest BCUT2D eigenvalue weighted by atomic mass is 10.0. The van der Waals surface area contributed by atoms with Crippen molar-refractivity contribution in [3.05, 3.63) is 29.8 Å². The lowest BCUT2D eigenvalue weighted by Gasteiger charge is -2.29. The lowest BCUT2D eigenvalue weighted by molar-refractivity contribution is -0.120. The molecule has 0 bridgehead atoms. The summed E-state index contributed by atoms with van der Waals surface area (Å²) in [6, 6.07) is 8.04. The van der Waals surface area contributed by atoms with Gasteiger partial charge in [-0.25, -0.2) is 0 Å². The number of benzene rings is 1. The Balaban J connectivity index is 2.03. The van der Waals surface area contributed by atoms with E-state index in [1.165, 1.54) is 5.56 Å². The van der Waals surface area contributed by atoms with Crippen LogP contribution in [0.1, 0.15) is 38.2 Å². The van der Waals surface area contributed by atoms with Gasteiger partial charge in [-0.1, -0.05) is 25.1 Å². The van der Waals surface area contributed by atoms with Gasteiger partial charge in [0, 0.05) is 31.5 Å². The SMILES string of the molecule is CCC(=O)CCCN1C(=O)CCc2ccccc21. The largest absolute Gasteiger partial charge is 0.312 e. The van der Waals surface area contributed by atoms with Crippen LogP contribution in [-0.2, 0) is 16.0 Å². The molecule has 0 fully saturated rings. The smallest absolute Gasteiger partial charge is 0.227 e. The molecular weight excluding hydrogens is 226 g/mol. The number of aryl methyl sites for hydroxylation is 1. The third kappa shape index (κ3) is 2.78. The lowest BCUT2D eigenvalue weighted by Crippen LogP contribution is -2.36. The van der Waals surface area contributed by atoms with Crippen LogP contribution in [-0.4, -0.2) is 18.2 Å². The predicted octanol–water partition coefficient (Wildman–Crippen LogP) is 2.73. The molecule has 0 spiro atoms. The first-order chi connectivity index (χ1) is 8.72. The monoisotopic (exact) mass is 245 g/mol. The molecule has 0 N–H and O–H groups in total. The van der Waals surface area contributed by atoms with Crippen LogP contribution in [0, 0.1) is 0 Å². The van der Waals surface area contributed by atoms with E-state index >= 15 is 0 Å². The summed E-state index contributed by atoms with van der Waals surface area (Å²) in [5.41, 5.74) is 2.26. The minimum Gasteiger partial charge on any atom is -0.312 e. The Bertz CT molecular complexity index is 454. The van der Waals surface area contributed by atoms with Crippen LogP contribution in [0.4, 0.5) is 5.69 Å². The van der Waals surface area contributed by atoms with E-state index in [4.69, 9.17) is 0 Å². The zero-order valence-corrected chi connectivity index (χ0v) is 10.8. The first kappa shape index (κ1) is 12.8. The summed E-state index contributed by atoms with van der Waals surface area (Å²) in [6.45, 7) is 2.53. The Morgan fingerprint density at radius 3 is 2.83 bits per heavy atom. The maximum atomic E-state index is 11.9. The molecule has 1 aliphatic rings. The Morgan fingerprint density at radius 2 is 2.06 bits per heavy atom. The average molecular weight is 245 g/mol. The van der Waals surface area contributed by atoms with Crippen molar-refractivity contribution in [2.45, 2.75) is 39.0 Å². The van der Waals surface area contributed by atoms with Gasteiger partial charge in [0.2, 0.25) is 5.91 Å². The van der Waals surface area contributed by atoms with Gasteiger partial charge in [-0.2, -0.15) is 0 Å². The molecule has 0 aliphatic carbocycles. The summed E-state index contributed by atoms with van der Waals surface area (Å²) < 4.78 is 0. The molecule has 1 amide bonds. The Kier molecular flexibility index (Phi) is 4.13. The second-order valence-electron chi connectivity index (χ2n) is 4.67. The van der Waals surface area contributed by atoms with Crippen molar-refractivity contribution >= 4 is 17.4 Å². The molecule has 96 valence electrons. The van der Waals surface area contributed by atoms with Gasteiger partial charge in [-0.05, 0) is 24.5 Å². The molecule has 1 heterocycles. The zero-order valence-electron chi connectivity index (χ0n) is 10.8. The summed E-state index contributed by atoms with van der Waals surface area (Å²) in [6.07, 6.45) is 3.33. The summed E-state index contributed by atoms with van der Waals surface area (Å²) in [4.78, 5) is 25.1. The Morgan fingerprint density at radius 1 is 1.28 bits per heavy atom. The number of nitrogens with zero attached hydrogens (tertiary/aromatic N) is 1. The van der Waals surface area contributed by atoms with Gasteiger partial charge < -0.3 is 4.90 Å². The number of amides is 1. The minimum atomic E-state index is 0.178. The summed E-state index contributed by atoms with van der Waals surface area (Å²) in [7, 11) is 0. The minimum absolute atomic E-state index is 0.178. The van der Waals surface area contributed by atoms with Crippen LogP contribution < -0.4 is 4.90 Å². The van der Waals surface area contributed by atoms with E-state index in [-0.39, 0.29) is 11.7 Å². The highest BCUT2D eigenvalue weighted by Crippen LogP contribution is 2.27. The molecule has 1 aromatic carbocycles. The van der Waals surface area contributed by atoms with Crippen LogP contribution in [0.5, 0.6) is 0 Å². The number of anilines is 1. The van der Waals surface area contributed by atoms with Crippen LogP contribution in [0.3, 0.4) is 0 Å². The van der Waals surface area contributed by atoms with Gasteiger partial charge in [0.15, 0.2) is 0 Å². The molecule has 18 heavy (non-hydrogen) atoms. The maximum absolute atomic E-state index is 11.9. The molecule has 0 aromatic heterocycles. The van der Waals surface area contributed by atoms with Gasteiger partial charge in [0.05, 0.1) is 0 Å². The van der Waals surface area contributed by atoms with Crippen LogP contribution in [0.15, 0.2) is 24.3 Å². The van der Waals surface area contributed by atoms with Crippen LogP contribution >= 0.6 is 0 Å². The molecule has 0 saturated carbocycles. The Labute approximate surface area is 108 Å². The number of carbonyl (C=O) groups is 2. The first-order valence-electron chi connectivity index (χ1n) is 6.62. The summed E-state index contributed by atoms with van der Waals surface area (Å²) >= 11 is 0. The molecular formula is C15H19NO2. The number of para-hydroxylation sites is 1. The van der Waals surface area contributed by atoms with E-state index in [2.05, 4.69) is 6.07 Å². The molecule has 0 unspecified atom stereocenters. The van der Waals surface area contributed by atoms with Gasteiger partial charge in [0.1, 0.15) is 5.78 Å². The van der Waals surface area contributed by atoms with Crippen molar-refractivity contribution in [1.82, 2.24) is 0 Å². The van der Waals surface area contributed by atoms with Gasteiger partial charge in [0.25, 0.3) is 0 Å². The quantitative estimate of drug-likeness (QED) is 0.800. The van der Waals surface area contributed by atoms with Crippen molar-refractivity contribution < 1.29 is 9.59 Å². The molecule has 0 radical (unpaired) electrons. The number of rotatable bonds is 5. The number of ketones is 1. The third-order valence-electron chi connectivity index (χ3n) is 3.42. The molecule has 1 aromatic rings. The molecule has 2 rings (SSSR count). The van der Waals surface area contributed by atoms with Crippen LogP contribution in [0.2, 0.25) is 0 Å². The predicted molar refractivity (Wildman–Crippen MR) is 71.6 cm³/mol. The molecule has 0 saturated heterocycles. The van der Waals surface area contributed by atoms with Crippen molar-refractivity contribution in [2.24, 2.45) is 0 Å². The molecule has 3 heteroatoms. The highest BCUT2D eigenvalue weighted by molar-refractivity contribution is 5.96. The molecule has 0 atom stereocenters. The fourth-order valence-corrected chi connectivity index (χ4v) is 2.35. The Hall–Kier alpha value is -1.64. The van der Waals surface area contributed by atoms with Gasteiger partial charge >= 0.3 is 0 Å². The summed E-state index contributed by atoms with van der Waals surface area (Å²) in [5.74, 6) is 0.449. The second-order valence-corrected chi connectivity index (χ2v) is 4.67. The zero-order chi connectivity index (χ0) is 13.0. The van der Waals surface area contributed by atoms with Crippen molar-refractivity contribution in [1.29, 1.82) is 0 Å². The van der Waals surface area contributed by atoms with Gasteiger partial charge in [-0.15, -0.1) is 0 Å². The van der Waals surface area contributed by atoms with E-state index in [1.54, 1.807) is 0 Å². The highest BCUT2D eigenvalue weighted by Gasteiger charge is 2.23. The highest BCUT2D eigenvalue weighted by atomic mass is 16.2. The van der Waals surface area contributed by atoms with E-state index in [0.29, 0.717) is 25.8 Å². The topological polar surface area (TPSA) is 37.4 Å². The fraction of sp³-hybridized carbons (Fsp3) is 0.467. The van der Waals surface area contributed by atoms with E-state index in [0.717, 1.165) is 18.5 Å². The maximum Gasteiger partial charge on any atom is 0.227 e. The van der Waals surface area contributed by atoms with E-state index in [1.807, 2.05) is 30.0 Å². The van der Waals surface area contributed by atoms with E-state index < -0.39 is 0 Å². The molecule has 1 aliphatic heterocycles. The number of fused-ring (bicyclic) bond motifs is 1. The van der Waals surface area contributed by atoms with Gasteiger partial charge in [-0.3, -0.25) is 9.59 Å². The van der Waals surface area contributed by atoms with Crippen molar-refractivity contribution in [3.63, 3.8) is 0 Å². The summed E-state index contributed by atoms with van der Waals surface area (Å²) in [5, 5.41) is 0. The molecule has 3 nitrogen and oxygen atoms in total.